The van der Waals surface area contributed by atoms with Crippen LogP contribution in [-0.2, 0) is 0 Å². The zero-order chi connectivity index (χ0) is 17.9. The van der Waals surface area contributed by atoms with Crippen LogP contribution in [0.1, 0.15) is 63.9 Å². The second kappa shape index (κ2) is 7.84. The molecule has 0 saturated heterocycles. The maximum Gasteiger partial charge on any atom is 0.573 e. The van der Waals surface area contributed by atoms with Gasteiger partial charge in [-0.25, -0.2) is 0 Å². The van der Waals surface area contributed by atoms with E-state index in [-0.39, 0.29) is 5.75 Å². The molecule has 1 unspecified atom stereocenters. The van der Waals surface area contributed by atoms with Gasteiger partial charge in [-0.3, -0.25) is 0 Å². The summed E-state index contributed by atoms with van der Waals surface area (Å²) < 4.78 is 40.6. The van der Waals surface area contributed by atoms with E-state index in [9.17, 15) is 13.2 Å². The Labute approximate surface area is 148 Å². The summed E-state index contributed by atoms with van der Waals surface area (Å²) in [6, 6.07) is 6.28. The van der Waals surface area contributed by atoms with Crippen molar-refractivity contribution in [1.29, 1.82) is 0 Å². The van der Waals surface area contributed by atoms with Gasteiger partial charge in [0.25, 0.3) is 0 Å². The Morgan fingerprint density at radius 3 is 2.16 bits per heavy atom. The van der Waals surface area contributed by atoms with Crippen LogP contribution in [0.25, 0.3) is 5.57 Å². The fourth-order valence-electron chi connectivity index (χ4n) is 4.48. The number of rotatable bonds is 4. The lowest BCUT2D eigenvalue weighted by Gasteiger charge is -2.35. The number of allylic oxidation sites excluding steroid dienone is 2. The Balaban J connectivity index is 1.56. The van der Waals surface area contributed by atoms with Crippen molar-refractivity contribution < 1.29 is 17.9 Å². The molecular formula is C21H27F3O. The summed E-state index contributed by atoms with van der Waals surface area (Å²) in [5.74, 6) is 2.43. The monoisotopic (exact) mass is 352 g/mol. The molecule has 0 spiro atoms. The summed E-state index contributed by atoms with van der Waals surface area (Å²) in [7, 11) is 0. The predicted octanol–water partition coefficient (Wildman–Crippen LogP) is 6.99. The number of ether oxygens (including phenoxy) is 1. The Morgan fingerprint density at radius 2 is 1.64 bits per heavy atom. The standard InChI is InChI=1S/C21H27F3O/c1-2-15-3-5-16(6-4-15)17-7-9-18(10-8-17)19-11-13-20(14-12-19)25-21(22,23)24/h9,11-17H,2-8,10H2,1H3. The number of alkyl halides is 3. The number of hydrogen-bond donors (Lipinski definition) is 0. The van der Waals surface area contributed by atoms with Crippen molar-refractivity contribution >= 4 is 5.57 Å². The van der Waals surface area contributed by atoms with E-state index < -0.39 is 6.36 Å². The lowest BCUT2D eigenvalue weighted by atomic mass is 9.70. The van der Waals surface area contributed by atoms with Gasteiger partial charge < -0.3 is 4.74 Å². The summed E-state index contributed by atoms with van der Waals surface area (Å²) in [5.41, 5.74) is 2.28. The Morgan fingerprint density at radius 1 is 0.960 bits per heavy atom. The van der Waals surface area contributed by atoms with Crippen LogP contribution >= 0.6 is 0 Å². The fraction of sp³-hybridized carbons (Fsp3) is 0.619. The minimum Gasteiger partial charge on any atom is -0.406 e. The van der Waals surface area contributed by atoms with Crippen LogP contribution in [0.15, 0.2) is 30.3 Å². The molecule has 0 amide bonds. The minimum atomic E-state index is -4.63. The Hall–Kier alpha value is -1.45. The molecule has 138 valence electrons. The predicted molar refractivity (Wildman–Crippen MR) is 94.2 cm³/mol. The van der Waals surface area contributed by atoms with E-state index in [1.54, 1.807) is 12.1 Å². The molecule has 1 aromatic rings. The first-order valence-corrected chi connectivity index (χ1v) is 9.50. The zero-order valence-electron chi connectivity index (χ0n) is 14.8. The molecule has 0 aromatic heterocycles. The Kier molecular flexibility index (Phi) is 5.75. The summed E-state index contributed by atoms with van der Waals surface area (Å²) in [6.07, 6.45) is 7.84. The maximum atomic E-state index is 12.2. The van der Waals surface area contributed by atoms with Crippen molar-refractivity contribution in [2.45, 2.75) is 64.7 Å². The van der Waals surface area contributed by atoms with Crippen LogP contribution in [0, 0.1) is 17.8 Å². The van der Waals surface area contributed by atoms with Gasteiger partial charge in [0.15, 0.2) is 0 Å². The van der Waals surface area contributed by atoms with Gasteiger partial charge in [-0.05, 0) is 73.1 Å². The molecule has 1 fully saturated rings. The third kappa shape index (κ3) is 5.02. The van der Waals surface area contributed by atoms with E-state index in [2.05, 4.69) is 17.7 Å². The molecule has 3 rings (SSSR count). The van der Waals surface area contributed by atoms with Gasteiger partial charge in [0.2, 0.25) is 0 Å². The second-order valence-corrected chi connectivity index (χ2v) is 7.53. The van der Waals surface area contributed by atoms with E-state index in [1.807, 2.05) is 0 Å². The molecule has 1 aromatic carbocycles. The highest BCUT2D eigenvalue weighted by Crippen LogP contribution is 2.41. The molecule has 0 bridgehead atoms. The van der Waals surface area contributed by atoms with Crippen LogP contribution in [0.3, 0.4) is 0 Å². The van der Waals surface area contributed by atoms with Crippen LogP contribution in [-0.4, -0.2) is 6.36 Å². The summed E-state index contributed by atoms with van der Waals surface area (Å²) in [4.78, 5) is 0. The molecule has 2 aliphatic carbocycles. The maximum absolute atomic E-state index is 12.2. The molecule has 1 atom stereocenters. The van der Waals surface area contributed by atoms with Gasteiger partial charge in [-0.1, -0.05) is 44.4 Å². The molecule has 4 heteroatoms. The third-order valence-electron chi connectivity index (χ3n) is 6.05. The largest absolute Gasteiger partial charge is 0.573 e. The highest BCUT2D eigenvalue weighted by atomic mass is 19.4. The first kappa shape index (κ1) is 18.3. The van der Waals surface area contributed by atoms with Gasteiger partial charge in [0, 0.05) is 0 Å². The molecule has 0 radical (unpaired) electrons. The molecule has 0 aliphatic heterocycles. The van der Waals surface area contributed by atoms with E-state index in [0.29, 0.717) is 0 Å². The van der Waals surface area contributed by atoms with Gasteiger partial charge >= 0.3 is 6.36 Å². The van der Waals surface area contributed by atoms with Crippen molar-refractivity contribution in [3.8, 4) is 5.75 Å². The SMILES string of the molecule is CCC1CCC(C2CC=C(c3ccc(OC(F)(F)F)cc3)CC2)CC1. The van der Waals surface area contributed by atoms with Crippen molar-refractivity contribution in [1.82, 2.24) is 0 Å². The summed E-state index contributed by atoms with van der Waals surface area (Å²) in [5, 5.41) is 0. The highest BCUT2D eigenvalue weighted by Gasteiger charge is 2.31. The lowest BCUT2D eigenvalue weighted by Crippen LogP contribution is -2.22. The molecule has 2 aliphatic rings. The highest BCUT2D eigenvalue weighted by molar-refractivity contribution is 5.66. The molecular weight excluding hydrogens is 325 g/mol. The van der Waals surface area contributed by atoms with Crippen molar-refractivity contribution in [3.63, 3.8) is 0 Å². The number of hydrogen-bond acceptors (Lipinski definition) is 1. The average molecular weight is 352 g/mol. The summed E-state index contributed by atoms with van der Waals surface area (Å²) >= 11 is 0. The van der Waals surface area contributed by atoms with Gasteiger partial charge in [0.1, 0.15) is 5.75 Å². The van der Waals surface area contributed by atoms with Crippen LogP contribution in [0.4, 0.5) is 13.2 Å². The second-order valence-electron chi connectivity index (χ2n) is 7.53. The topological polar surface area (TPSA) is 9.23 Å². The fourth-order valence-corrected chi connectivity index (χ4v) is 4.48. The first-order valence-electron chi connectivity index (χ1n) is 9.50. The normalized spacial score (nSPS) is 27.7. The minimum absolute atomic E-state index is 0.154. The molecule has 0 N–H and O–H groups in total. The number of halogens is 3. The number of benzene rings is 1. The molecule has 1 nitrogen and oxygen atoms in total. The van der Waals surface area contributed by atoms with Crippen LogP contribution in [0.5, 0.6) is 5.75 Å². The van der Waals surface area contributed by atoms with Crippen molar-refractivity contribution in [2.75, 3.05) is 0 Å². The van der Waals surface area contributed by atoms with Gasteiger partial charge in [0.05, 0.1) is 0 Å². The van der Waals surface area contributed by atoms with Crippen molar-refractivity contribution in [2.24, 2.45) is 17.8 Å². The third-order valence-corrected chi connectivity index (χ3v) is 6.05. The molecule has 1 saturated carbocycles. The van der Waals surface area contributed by atoms with Crippen LogP contribution < -0.4 is 4.74 Å². The quantitative estimate of drug-likeness (QED) is 0.567. The first-order chi connectivity index (χ1) is 11.9. The van der Waals surface area contributed by atoms with Gasteiger partial charge in [-0.2, -0.15) is 0 Å². The van der Waals surface area contributed by atoms with E-state index in [1.165, 1.54) is 56.2 Å². The smallest absolute Gasteiger partial charge is 0.406 e. The van der Waals surface area contributed by atoms with E-state index in [4.69, 9.17) is 0 Å². The Bertz CT molecular complexity index is 580. The average Bonchev–Trinajstić information content (AvgIpc) is 2.61. The summed E-state index contributed by atoms with van der Waals surface area (Å²) in [6.45, 7) is 2.30. The van der Waals surface area contributed by atoms with Crippen molar-refractivity contribution in [3.05, 3.63) is 35.9 Å². The zero-order valence-corrected chi connectivity index (χ0v) is 14.8. The van der Waals surface area contributed by atoms with E-state index in [0.717, 1.165) is 36.2 Å². The molecule has 25 heavy (non-hydrogen) atoms. The van der Waals surface area contributed by atoms with E-state index >= 15 is 0 Å². The molecule has 0 heterocycles. The van der Waals surface area contributed by atoms with Crippen LogP contribution in [0.2, 0.25) is 0 Å². The lowest BCUT2D eigenvalue weighted by molar-refractivity contribution is -0.274. The van der Waals surface area contributed by atoms with Gasteiger partial charge in [-0.15, -0.1) is 13.2 Å².